The number of likely N-dealkylation sites (tertiary alicyclic amines) is 1. The Bertz CT molecular complexity index is 985. The number of benzene rings is 1. The van der Waals surface area contributed by atoms with Crippen molar-refractivity contribution < 1.29 is 9.59 Å². The summed E-state index contributed by atoms with van der Waals surface area (Å²) in [6.45, 7) is 2.81. The smallest absolute Gasteiger partial charge is 0.231 e. The lowest BCUT2D eigenvalue weighted by Crippen LogP contribution is -2.28. The Morgan fingerprint density at radius 2 is 1.96 bits per heavy atom. The van der Waals surface area contributed by atoms with Crippen molar-refractivity contribution in [1.29, 1.82) is 0 Å². The van der Waals surface area contributed by atoms with Crippen LogP contribution >= 0.6 is 0 Å². The highest BCUT2D eigenvalue weighted by molar-refractivity contribution is 5.97. The molecule has 7 heteroatoms. The van der Waals surface area contributed by atoms with E-state index in [9.17, 15) is 9.59 Å². The molecule has 1 atom stereocenters. The van der Waals surface area contributed by atoms with Crippen molar-refractivity contribution >= 4 is 17.6 Å². The van der Waals surface area contributed by atoms with Gasteiger partial charge in [0.2, 0.25) is 11.8 Å². The molecule has 2 aromatic heterocycles. The second-order valence-corrected chi connectivity index (χ2v) is 6.96. The van der Waals surface area contributed by atoms with Crippen molar-refractivity contribution in [3.63, 3.8) is 0 Å². The first-order valence-electron chi connectivity index (χ1n) is 9.19. The van der Waals surface area contributed by atoms with Crippen LogP contribution in [0.2, 0.25) is 0 Å². The van der Waals surface area contributed by atoms with Crippen LogP contribution in [-0.2, 0) is 16.1 Å². The predicted octanol–water partition coefficient (Wildman–Crippen LogP) is 2.77. The maximum Gasteiger partial charge on any atom is 0.231 e. The zero-order chi connectivity index (χ0) is 19.5. The Labute approximate surface area is 162 Å². The van der Waals surface area contributed by atoms with E-state index in [1.165, 1.54) is 0 Å². The van der Waals surface area contributed by atoms with Gasteiger partial charge in [-0.25, -0.2) is 0 Å². The van der Waals surface area contributed by atoms with Gasteiger partial charge in [0.05, 0.1) is 11.6 Å². The number of carbonyl (C=O) groups is 2. The van der Waals surface area contributed by atoms with E-state index in [-0.39, 0.29) is 24.2 Å². The van der Waals surface area contributed by atoms with Gasteiger partial charge in [0.15, 0.2) is 5.82 Å². The molecule has 1 unspecified atom stereocenters. The first kappa shape index (κ1) is 17.9. The fourth-order valence-corrected chi connectivity index (χ4v) is 3.43. The number of anilines is 1. The van der Waals surface area contributed by atoms with E-state index in [2.05, 4.69) is 20.5 Å². The number of rotatable bonds is 5. The van der Waals surface area contributed by atoms with Gasteiger partial charge in [-0.1, -0.05) is 30.3 Å². The Morgan fingerprint density at radius 3 is 2.71 bits per heavy atom. The summed E-state index contributed by atoms with van der Waals surface area (Å²) in [5, 5.41) is 10.1. The second kappa shape index (κ2) is 7.64. The summed E-state index contributed by atoms with van der Waals surface area (Å²) in [4.78, 5) is 30.7. The van der Waals surface area contributed by atoms with Crippen molar-refractivity contribution in [2.24, 2.45) is 5.92 Å². The average molecular weight is 375 g/mol. The molecular weight excluding hydrogens is 354 g/mol. The molecule has 1 aromatic carbocycles. The fraction of sp³-hybridized carbons (Fsp3) is 0.238. The van der Waals surface area contributed by atoms with E-state index in [0.29, 0.717) is 18.9 Å². The standard InChI is InChI=1S/C21H21N5O2/c1-14-19(16-5-3-2-4-6-16)24-25-20(14)23-21(28)17-11-18(27)26(13-17)12-15-7-9-22-10-8-15/h2-10,17H,11-13H2,1H3,(H2,23,24,25,28). The minimum Gasteiger partial charge on any atom is -0.338 e. The molecule has 0 spiro atoms. The van der Waals surface area contributed by atoms with Crippen molar-refractivity contribution in [2.45, 2.75) is 19.9 Å². The van der Waals surface area contributed by atoms with E-state index < -0.39 is 0 Å². The van der Waals surface area contributed by atoms with Gasteiger partial charge in [-0.05, 0) is 30.2 Å². The Kier molecular flexibility index (Phi) is 4.89. The van der Waals surface area contributed by atoms with Gasteiger partial charge in [0.25, 0.3) is 0 Å². The molecule has 0 aliphatic carbocycles. The van der Waals surface area contributed by atoms with E-state index in [4.69, 9.17) is 0 Å². The molecule has 0 saturated carbocycles. The van der Waals surface area contributed by atoms with Crippen LogP contribution in [0, 0.1) is 12.8 Å². The van der Waals surface area contributed by atoms with E-state index in [1.54, 1.807) is 17.3 Å². The Balaban J connectivity index is 1.42. The number of nitrogens with zero attached hydrogens (tertiary/aromatic N) is 3. The van der Waals surface area contributed by atoms with Gasteiger partial charge >= 0.3 is 0 Å². The van der Waals surface area contributed by atoms with Crippen LogP contribution in [0.4, 0.5) is 5.82 Å². The summed E-state index contributed by atoms with van der Waals surface area (Å²) in [5.41, 5.74) is 3.75. The first-order chi connectivity index (χ1) is 13.6. The number of hydrogen-bond donors (Lipinski definition) is 2. The number of H-pyrrole nitrogens is 1. The van der Waals surface area contributed by atoms with Gasteiger partial charge in [0, 0.05) is 37.5 Å². The molecule has 1 aliphatic heterocycles. The van der Waals surface area contributed by atoms with Gasteiger partial charge < -0.3 is 10.2 Å². The zero-order valence-electron chi connectivity index (χ0n) is 15.6. The molecule has 28 heavy (non-hydrogen) atoms. The van der Waals surface area contributed by atoms with E-state index in [1.807, 2.05) is 49.4 Å². The third-order valence-electron chi connectivity index (χ3n) is 5.02. The highest BCUT2D eigenvalue weighted by atomic mass is 16.2. The van der Waals surface area contributed by atoms with Crippen LogP contribution in [0.25, 0.3) is 11.3 Å². The van der Waals surface area contributed by atoms with Crippen LogP contribution in [0.3, 0.4) is 0 Å². The van der Waals surface area contributed by atoms with Gasteiger partial charge in [-0.2, -0.15) is 5.10 Å². The lowest BCUT2D eigenvalue weighted by atomic mass is 10.1. The van der Waals surface area contributed by atoms with Gasteiger partial charge in [-0.3, -0.25) is 19.7 Å². The van der Waals surface area contributed by atoms with E-state index in [0.717, 1.165) is 22.4 Å². The van der Waals surface area contributed by atoms with Gasteiger partial charge in [0.1, 0.15) is 0 Å². The molecule has 2 N–H and O–H groups in total. The van der Waals surface area contributed by atoms with E-state index >= 15 is 0 Å². The number of pyridine rings is 1. The van der Waals surface area contributed by atoms with Crippen LogP contribution in [-0.4, -0.2) is 38.4 Å². The van der Waals surface area contributed by atoms with Crippen molar-refractivity contribution in [3.8, 4) is 11.3 Å². The van der Waals surface area contributed by atoms with Crippen LogP contribution < -0.4 is 5.32 Å². The normalized spacial score (nSPS) is 16.4. The number of nitrogens with one attached hydrogen (secondary N) is 2. The largest absolute Gasteiger partial charge is 0.338 e. The van der Waals surface area contributed by atoms with Crippen molar-refractivity contribution in [3.05, 3.63) is 66.0 Å². The molecule has 3 heterocycles. The molecular formula is C21H21N5O2. The van der Waals surface area contributed by atoms with Gasteiger partial charge in [-0.15, -0.1) is 0 Å². The Morgan fingerprint density at radius 1 is 1.21 bits per heavy atom. The number of aromatic amines is 1. The molecule has 0 radical (unpaired) electrons. The average Bonchev–Trinajstić information content (AvgIpc) is 3.26. The quantitative estimate of drug-likeness (QED) is 0.717. The minimum absolute atomic E-state index is 0.0133. The lowest BCUT2D eigenvalue weighted by molar-refractivity contribution is -0.128. The topological polar surface area (TPSA) is 91.0 Å². The van der Waals surface area contributed by atoms with Crippen LogP contribution in [0.5, 0.6) is 0 Å². The molecule has 7 nitrogen and oxygen atoms in total. The summed E-state index contributed by atoms with van der Waals surface area (Å²) in [6, 6.07) is 13.6. The Hall–Kier alpha value is -3.48. The molecule has 142 valence electrons. The summed E-state index contributed by atoms with van der Waals surface area (Å²) in [5.74, 6) is -0.0741. The SMILES string of the molecule is Cc1c(NC(=O)C2CC(=O)N(Cc3ccncc3)C2)n[nH]c1-c1ccccc1. The molecule has 3 aromatic rings. The molecule has 1 saturated heterocycles. The summed E-state index contributed by atoms with van der Waals surface area (Å²) in [6.07, 6.45) is 3.61. The van der Waals surface area contributed by atoms with Crippen LogP contribution in [0.1, 0.15) is 17.5 Å². The molecule has 1 fully saturated rings. The summed E-state index contributed by atoms with van der Waals surface area (Å²) >= 11 is 0. The maximum atomic E-state index is 12.7. The number of aromatic nitrogens is 3. The maximum absolute atomic E-state index is 12.7. The fourth-order valence-electron chi connectivity index (χ4n) is 3.43. The summed E-state index contributed by atoms with van der Waals surface area (Å²) in [7, 11) is 0. The first-order valence-corrected chi connectivity index (χ1v) is 9.19. The summed E-state index contributed by atoms with van der Waals surface area (Å²) < 4.78 is 0. The number of amides is 2. The monoisotopic (exact) mass is 375 g/mol. The lowest BCUT2D eigenvalue weighted by Gasteiger charge is -2.16. The van der Waals surface area contributed by atoms with Crippen LogP contribution in [0.15, 0.2) is 54.9 Å². The molecule has 1 aliphatic rings. The van der Waals surface area contributed by atoms with Crippen molar-refractivity contribution in [1.82, 2.24) is 20.1 Å². The molecule has 0 bridgehead atoms. The molecule has 2 amide bonds. The zero-order valence-corrected chi connectivity index (χ0v) is 15.6. The third-order valence-corrected chi connectivity index (χ3v) is 5.02. The highest BCUT2D eigenvalue weighted by Crippen LogP contribution is 2.27. The molecule has 4 rings (SSSR count). The second-order valence-electron chi connectivity index (χ2n) is 6.96. The number of carbonyl (C=O) groups excluding carboxylic acids is 2. The highest BCUT2D eigenvalue weighted by Gasteiger charge is 2.34. The minimum atomic E-state index is -0.384. The number of hydrogen-bond acceptors (Lipinski definition) is 4. The predicted molar refractivity (Wildman–Crippen MR) is 105 cm³/mol. The third kappa shape index (κ3) is 3.64. The van der Waals surface area contributed by atoms with Crippen molar-refractivity contribution in [2.75, 3.05) is 11.9 Å².